The van der Waals surface area contributed by atoms with E-state index in [1.165, 1.54) is 0 Å². The van der Waals surface area contributed by atoms with E-state index < -0.39 is 0 Å². The molecule has 0 saturated carbocycles. The number of ether oxygens (including phenoxy) is 2. The second kappa shape index (κ2) is 12.7. The Morgan fingerprint density at radius 2 is 1.62 bits per heavy atom. The van der Waals surface area contributed by atoms with Gasteiger partial charge in [0.1, 0.15) is 0 Å². The lowest BCUT2D eigenvalue weighted by atomic mass is 9.91. The first-order chi connectivity index (χ1) is 9.76. The minimum atomic E-state index is -0.310. The van der Waals surface area contributed by atoms with Crippen LogP contribution in [-0.4, -0.2) is 25.2 Å². The maximum absolute atomic E-state index is 11.1. The lowest BCUT2D eigenvalue weighted by Gasteiger charge is -2.19. The van der Waals surface area contributed by atoms with Crippen molar-refractivity contribution in [3.63, 3.8) is 0 Å². The highest BCUT2D eigenvalue weighted by molar-refractivity contribution is 5.75. The van der Waals surface area contributed by atoms with Crippen molar-refractivity contribution in [2.24, 2.45) is 11.3 Å². The van der Waals surface area contributed by atoms with Crippen molar-refractivity contribution >= 4 is 11.9 Å². The van der Waals surface area contributed by atoms with Crippen LogP contribution >= 0.6 is 0 Å². The fourth-order valence-corrected chi connectivity index (χ4v) is 1.10. The summed E-state index contributed by atoms with van der Waals surface area (Å²) in [7, 11) is 0. The van der Waals surface area contributed by atoms with Crippen LogP contribution in [0, 0.1) is 11.3 Å². The first kappa shape index (κ1) is 22.2. The number of hydrogen-bond donors (Lipinski definition) is 0. The molecule has 0 aliphatic heterocycles. The van der Waals surface area contributed by atoms with Crippen LogP contribution in [0.25, 0.3) is 0 Å². The van der Waals surface area contributed by atoms with Crippen LogP contribution in [0.2, 0.25) is 0 Å². The first-order valence-electron chi connectivity index (χ1n) is 8.10. The zero-order valence-corrected chi connectivity index (χ0v) is 15.0. The Hall–Kier alpha value is -1.06. The van der Waals surface area contributed by atoms with Gasteiger partial charge in [-0.3, -0.25) is 9.59 Å². The largest absolute Gasteiger partial charge is 0.466 e. The summed E-state index contributed by atoms with van der Waals surface area (Å²) in [5.41, 5.74) is -0.310. The van der Waals surface area contributed by atoms with Crippen molar-refractivity contribution in [2.75, 3.05) is 13.2 Å². The molecule has 21 heavy (non-hydrogen) atoms. The van der Waals surface area contributed by atoms with Gasteiger partial charge in [-0.1, -0.05) is 34.1 Å². The molecule has 0 fully saturated rings. The zero-order chi connectivity index (χ0) is 16.9. The zero-order valence-electron chi connectivity index (χ0n) is 15.0. The molecule has 0 spiro atoms. The Balaban J connectivity index is 0. The van der Waals surface area contributed by atoms with Crippen LogP contribution in [-0.2, 0) is 19.1 Å². The van der Waals surface area contributed by atoms with E-state index in [-0.39, 0.29) is 23.3 Å². The third-order valence-corrected chi connectivity index (χ3v) is 3.47. The predicted molar refractivity (Wildman–Crippen MR) is 86.0 cm³/mol. The molecule has 0 aromatic rings. The Morgan fingerprint density at radius 3 is 2.00 bits per heavy atom. The molecule has 0 aliphatic rings. The van der Waals surface area contributed by atoms with Gasteiger partial charge in [0.2, 0.25) is 0 Å². The van der Waals surface area contributed by atoms with Gasteiger partial charge in [-0.2, -0.15) is 0 Å². The highest BCUT2D eigenvalue weighted by Gasteiger charge is 2.26. The van der Waals surface area contributed by atoms with Gasteiger partial charge in [0.15, 0.2) is 0 Å². The topological polar surface area (TPSA) is 52.6 Å². The average molecular weight is 302 g/mol. The molecule has 0 aromatic heterocycles. The van der Waals surface area contributed by atoms with E-state index >= 15 is 0 Å². The third kappa shape index (κ3) is 11.3. The normalized spacial score (nSPS) is 12.0. The van der Waals surface area contributed by atoms with Crippen LogP contribution in [0.5, 0.6) is 0 Å². The van der Waals surface area contributed by atoms with Crippen LogP contribution < -0.4 is 0 Å². The number of unbranched alkanes of at least 4 members (excludes halogenated alkanes) is 1. The molecule has 0 heterocycles. The SMILES string of the molecule is CCCCOC(=O)C(C)CC.CCOC(=O)C(C)(C)CC. The summed E-state index contributed by atoms with van der Waals surface area (Å²) >= 11 is 0. The molecule has 0 aromatic carbocycles. The fourth-order valence-electron chi connectivity index (χ4n) is 1.10. The number of rotatable bonds is 8. The number of hydrogen-bond acceptors (Lipinski definition) is 4. The van der Waals surface area contributed by atoms with Crippen molar-refractivity contribution in [3.8, 4) is 0 Å². The smallest absolute Gasteiger partial charge is 0.311 e. The Labute approximate surface area is 130 Å². The number of carbonyl (C=O) groups is 2. The molecule has 0 aliphatic carbocycles. The molecule has 0 saturated heterocycles. The number of esters is 2. The quantitative estimate of drug-likeness (QED) is 0.494. The van der Waals surface area contributed by atoms with E-state index in [0.717, 1.165) is 25.7 Å². The van der Waals surface area contributed by atoms with Gasteiger partial charge >= 0.3 is 11.9 Å². The van der Waals surface area contributed by atoms with E-state index in [0.29, 0.717) is 13.2 Å². The van der Waals surface area contributed by atoms with Gasteiger partial charge in [-0.15, -0.1) is 0 Å². The summed E-state index contributed by atoms with van der Waals surface area (Å²) < 4.78 is 9.85. The summed E-state index contributed by atoms with van der Waals surface area (Å²) in [6.45, 7) is 14.6. The van der Waals surface area contributed by atoms with Crippen molar-refractivity contribution in [1.82, 2.24) is 0 Å². The summed E-state index contributed by atoms with van der Waals surface area (Å²) in [6, 6.07) is 0. The summed E-state index contributed by atoms with van der Waals surface area (Å²) in [4.78, 5) is 22.1. The van der Waals surface area contributed by atoms with Crippen molar-refractivity contribution in [1.29, 1.82) is 0 Å². The Bertz CT molecular complexity index is 285. The molecule has 4 nitrogen and oxygen atoms in total. The van der Waals surface area contributed by atoms with E-state index in [2.05, 4.69) is 6.92 Å². The van der Waals surface area contributed by atoms with Crippen LogP contribution in [0.4, 0.5) is 0 Å². The lowest BCUT2D eigenvalue weighted by Crippen LogP contribution is -2.25. The van der Waals surface area contributed by atoms with Crippen LogP contribution in [0.15, 0.2) is 0 Å². The summed E-state index contributed by atoms with van der Waals surface area (Å²) in [5.74, 6) is -0.0923. The standard InChI is InChI=1S/C9H18O2.C8H16O2/c1-4-6-7-11-9(10)8(3)5-2;1-5-8(3,4)7(9)10-6-2/h8H,4-7H2,1-3H3;5-6H2,1-4H3. The molecular weight excluding hydrogens is 268 g/mol. The monoisotopic (exact) mass is 302 g/mol. The molecule has 0 N–H and O–H groups in total. The third-order valence-electron chi connectivity index (χ3n) is 3.47. The maximum Gasteiger partial charge on any atom is 0.311 e. The number of carbonyl (C=O) groups excluding carboxylic acids is 2. The molecular formula is C17H34O4. The van der Waals surface area contributed by atoms with Crippen molar-refractivity contribution < 1.29 is 19.1 Å². The highest BCUT2D eigenvalue weighted by Crippen LogP contribution is 2.20. The van der Waals surface area contributed by atoms with Gasteiger partial charge in [-0.05, 0) is 40.0 Å². The van der Waals surface area contributed by atoms with Gasteiger partial charge in [0, 0.05) is 0 Å². The fraction of sp³-hybridized carbons (Fsp3) is 0.882. The summed E-state index contributed by atoms with van der Waals surface area (Å²) in [5, 5.41) is 0. The molecule has 0 radical (unpaired) electrons. The highest BCUT2D eigenvalue weighted by atomic mass is 16.5. The lowest BCUT2D eigenvalue weighted by molar-refractivity contribution is -0.153. The van der Waals surface area contributed by atoms with Crippen molar-refractivity contribution in [3.05, 3.63) is 0 Å². The second-order valence-electron chi connectivity index (χ2n) is 5.79. The average Bonchev–Trinajstić information content (AvgIpc) is 2.47. The van der Waals surface area contributed by atoms with E-state index in [1.807, 2.05) is 41.5 Å². The molecule has 126 valence electrons. The second-order valence-corrected chi connectivity index (χ2v) is 5.79. The van der Waals surface area contributed by atoms with Gasteiger partial charge in [0.05, 0.1) is 24.5 Å². The van der Waals surface area contributed by atoms with E-state index in [4.69, 9.17) is 9.47 Å². The van der Waals surface area contributed by atoms with Gasteiger partial charge in [0.25, 0.3) is 0 Å². The van der Waals surface area contributed by atoms with Crippen LogP contribution in [0.3, 0.4) is 0 Å². The molecule has 0 amide bonds. The van der Waals surface area contributed by atoms with E-state index in [1.54, 1.807) is 0 Å². The molecule has 4 heteroatoms. The first-order valence-corrected chi connectivity index (χ1v) is 8.10. The molecule has 1 atom stereocenters. The minimum Gasteiger partial charge on any atom is -0.466 e. The molecule has 0 rings (SSSR count). The summed E-state index contributed by atoms with van der Waals surface area (Å²) in [6.07, 6.45) is 3.74. The van der Waals surface area contributed by atoms with E-state index in [9.17, 15) is 9.59 Å². The minimum absolute atomic E-state index is 0.0547. The van der Waals surface area contributed by atoms with Gasteiger partial charge in [-0.25, -0.2) is 0 Å². The maximum atomic E-state index is 11.1. The predicted octanol–water partition coefficient (Wildman–Crippen LogP) is 4.36. The van der Waals surface area contributed by atoms with Gasteiger partial charge < -0.3 is 9.47 Å². The Morgan fingerprint density at radius 1 is 1.05 bits per heavy atom. The van der Waals surface area contributed by atoms with Crippen LogP contribution in [0.1, 0.15) is 74.1 Å². The van der Waals surface area contributed by atoms with Crippen molar-refractivity contribution in [2.45, 2.75) is 74.1 Å². The Kier molecular flexibility index (Phi) is 13.4. The molecule has 1 unspecified atom stereocenters. The molecule has 0 bridgehead atoms.